The van der Waals surface area contributed by atoms with Gasteiger partial charge in [-0.25, -0.2) is 4.39 Å². The third-order valence-corrected chi connectivity index (χ3v) is 4.31. The van der Waals surface area contributed by atoms with Crippen LogP contribution in [0.5, 0.6) is 0 Å². The van der Waals surface area contributed by atoms with E-state index in [-0.39, 0.29) is 24.3 Å². The number of terminal acetylenes is 1. The maximum Gasteiger partial charge on any atom is 0.238 e. The third-order valence-electron chi connectivity index (χ3n) is 4.31. The number of hydrogen-bond donors (Lipinski definition) is 1. The van der Waals surface area contributed by atoms with Crippen molar-refractivity contribution in [2.75, 3.05) is 18.4 Å². The first kappa shape index (κ1) is 16.2. The van der Waals surface area contributed by atoms with E-state index in [1.165, 1.54) is 23.3 Å². The maximum atomic E-state index is 12.9. The van der Waals surface area contributed by atoms with Crippen LogP contribution in [0.2, 0.25) is 0 Å². The van der Waals surface area contributed by atoms with Crippen molar-refractivity contribution in [3.8, 4) is 12.3 Å². The number of amides is 1. The van der Waals surface area contributed by atoms with Crippen molar-refractivity contribution < 1.29 is 9.18 Å². The average Bonchev–Trinajstić information content (AvgIpc) is 3.00. The fourth-order valence-electron chi connectivity index (χ4n) is 3.23. The lowest BCUT2D eigenvalue weighted by Gasteiger charge is -2.27. The Morgan fingerprint density at radius 1 is 1.25 bits per heavy atom. The maximum absolute atomic E-state index is 12.9. The fraction of sp³-hybridized carbons (Fsp3) is 0.250. The number of aryl methyl sites for hydroxylation is 1. The van der Waals surface area contributed by atoms with Gasteiger partial charge in [0.15, 0.2) is 0 Å². The summed E-state index contributed by atoms with van der Waals surface area (Å²) in [5, 5.41) is 2.79. The van der Waals surface area contributed by atoms with Crippen LogP contribution in [0.15, 0.2) is 48.5 Å². The number of carbonyl (C=O) groups excluding carboxylic acids is 1. The molecule has 3 rings (SSSR count). The zero-order valence-corrected chi connectivity index (χ0v) is 13.3. The Bertz CT molecular complexity index is 764. The zero-order chi connectivity index (χ0) is 16.9. The fourth-order valence-corrected chi connectivity index (χ4v) is 3.23. The van der Waals surface area contributed by atoms with Crippen molar-refractivity contribution in [2.24, 2.45) is 0 Å². The van der Waals surface area contributed by atoms with Crippen LogP contribution in [0, 0.1) is 18.2 Å². The first-order valence-electron chi connectivity index (χ1n) is 7.98. The van der Waals surface area contributed by atoms with E-state index in [9.17, 15) is 9.18 Å². The number of anilines is 1. The predicted octanol–water partition coefficient (Wildman–Crippen LogP) is 3.39. The third kappa shape index (κ3) is 3.64. The van der Waals surface area contributed by atoms with E-state index in [0.717, 1.165) is 12.8 Å². The lowest BCUT2D eigenvalue weighted by molar-refractivity contribution is -0.117. The first-order chi connectivity index (χ1) is 11.7. The predicted molar refractivity (Wildman–Crippen MR) is 92.9 cm³/mol. The van der Waals surface area contributed by atoms with E-state index in [4.69, 9.17) is 6.42 Å². The molecule has 1 atom stereocenters. The summed E-state index contributed by atoms with van der Waals surface area (Å²) in [6, 6.07) is 14.2. The van der Waals surface area contributed by atoms with Gasteiger partial charge in [-0.2, -0.15) is 0 Å². The Morgan fingerprint density at radius 3 is 2.75 bits per heavy atom. The normalized spacial score (nSPS) is 15.8. The summed E-state index contributed by atoms with van der Waals surface area (Å²) in [6.07, 6.45) is 7.46. The van der Waals surface area contributed by atoms with E-state index in [2.05, 4.69) is 23.4 Å². The Kier molecular flexibility index (Phi) is 4.93. The number of rotatable bonds is 5. The van der Waals surface area contributed by atoms with Gasteiger partial charge in [0, 0.05) is 11.7 Å². The second-order valence-corrected chi connectivity index (χ2v) is 5.92. The summed E-state index contributed by atoms with van der Waals surface area (Å²) in [7, 11) is 0. The Hall–Kier alpha value is -2.64. The van der Waals surface area contributed by atoms with Crippen LogP contribution in [0.3, 0.4) is 0 Å². The highest BCUT2D eigenvalue weighted by atomic mass is 19.1. The lowest BCUT2D eigenvalue weighted by atomic mass is 10.1. The molecule has 0 bridgehead atoms. The molecular formula is C20H19FN2O. The van der Waals surface area contributed by atoms with Gasteiger partial charge in [-0.15, -0.1) is 6.42 Å². The number of nitrogens with one attached hydrogen (secondary N) is 1. The van der Waals surface area contributed by atoms with Gasteiger partial charge in [-0.05, 0) is 48.2 Å². The molecule has 0 saturated carbocycles. The number of halogens is 1. The van der Waals surface area contributed by atoms with Crippen LogP contribution in [0.25, 0.3) is 0 Å². The smallest absolute Gasteiger partial charge is 0.238 e. The number of carbonyl (C=O) groups is 1. The van der Waals surface area contributed by atoms with Gasteiger partial charge in [0.2, 0.25) is 5.91 Å². The van der Waals surface area contributed by atoms with Gasteiger partial charge in [-0.1, -0.05) is 30.2 Å². The van der Waals surface area contributed by atoms with Crippen molar-refractivity contribution in [2.45, 2.75) is 18.9 Å². The van der Waals surface area contributed by atoms with Gasteiger partial charge in [0.1, 0.15) is 5.82 Å². The van der Waals surface area contributed by atoms with E-state index in [1.807, 2.05) is 17.0 Å². The van der Waals surface area contributed by atoms with Crippen molar-refractivity contribution in [1.82, 2.24) is 4.90 Å². The highest BCUT2D eigenvalue weighted by Gasteiger charge is 2.28. The summed E-state index contributed by atoms with van der Waals surface area (Å²) in [6.45, 7) is 0.621. The van der Waals surface area contributed by atoms with Crippen LogP contribution >= 0.6 is 0 Å². The van der Waals surface area contributed by atoms with Crippen molar-refractivity contribution in [3.63, 3.8) is 0 Å². The SMILES string of the molecule is C#CCN(CC(=O)Nc1ccc(F)cc1)C1CCc2ccccc21. The topological polar surface area (TPSA) is 32.3 Å². The van der Waals surface area contributed by atoms with Gasteiger partial charge in [-0.3, -0.25) is 9.69 Å². The zero-order valence-electron chi connectivity index (χ0n) is 13.3. The number of hydrogen-bond acceptors (Lipinski definition) is 2. The number of nitrogens with zero attached hydrogens (tertiary/aromatic N) is 1. The van der Waals surface area contributed by atoms with E-state index >= 15 is 0 Å². The molecule has 24 heavy (non-hydrogen) atoms. The van der Waals surface area contributed by atoms with Crippen molar-refractivity contribution in [3.05, 3.63) is 65.5 Å². The van der Waals surface area contributed by atoms with Crippen molar-refractivity contribution >= 4 is 11.6 Å². The molecule has 1 amide bonds. The van der Waals surface area contributed by atoms with Gasteiger partial charge < -0.3 is 5.32 Å². The van der Waals surface area contributed by atoms with Crippen LogP contribution < -0.4 is 5.32 Å². The van der Waals surface area contributed by atoms with Crippen molar-refractivity contribution in [1.29, 1.82) is 0 Å². The molecule has 0 fully saturated rings. The molecule has 1 aliphatic carbocycles. The quantitative estimate of drug-likeness (QED) is 0.856. The van der Waals surface area contributed by atoms with Crippen LogP contribution in [0.4, 0.5) is 10.1 Å². The van der Waals surface area contributed by atoms with E-state index in [0.29, 0.717) is 12.2 Å². The van der Waals surface area contributed by atoms with Gasteiger partial charge in [0.05, 0.1) is 13.1 Å². The highest BCUT2D eigenvalue weighted by Crippen LogP contribution is 2.35. The molecule has 1 unspecified atom stereocenters. The second kappa shape index (κ2) is 7.29. The summed E-state index contributed by atoms with van der Waals surface area (Å²) in [4.78, 5) is 14.4. The largest absolute Gasteiger partial charge is 0.325 e. The van der Waals surface area contributed by atoms with E-state index < -0.39 is 0 Å². The van der Waals surface area contributed by atoms with Gasteiger partial charge >= 0.3 is 0 Å². The number of benzene rings is 2. The summed E-state index contributed by atoms with van der Waals surface area (Å²) in [5.41, 5.74) is 3.15. The molecule has 0 saturated heterocycles. The molecule has 1 aliphatic rings. The number of fused-ring (bicyclic) bond motifs is 1. The summed E-state index contributed by atoms with van der Waals surface area (Å²) in [5.74, 6) is 2.17. The Labute approximate surface area is 141 Å². The summed E-state index contributed by atoms with van der Waals surface area (Å²) >= 11 is 0. The monoisotopic (exact) mass is 322 g/mol. The molecular weight excluding hydrogens is 303 g/mol. The highest BCUT2D eigenvalue weighted by molar-refractivity contribution is 5.92. The minimum Gasteiger partial charge on any atom is -0.325 e. The summed E-state index contributed by atoms with van der Waals surface area (Å²) < 4.78 is 12.9. The van der Waals surface area contributed by atoms with Crippen LogP contribution in [0.1, 0.15) is 23.6 Å². The second-order valence-electron chi connectivity index (χ2n) is 5.92. The Morgan fingerprint density at radius 2 is 2.00 bits per heavy atom. The molecule has 4 heteroatoms. The molecule has 2 aromatic rings. The first-order valence-corrected chi connectivity index (χ1v) is 7.98. The molecule has 0 radical (unpaired) electrons. The minimum absolute atomic E-state index is 0.152. The minimum atomic E-state index is -0.329. The Balaban J connectivity index is 1.69. The molecule has 122 valence electrons. The molecule has 2 aromatic carbocycles. The molecule has 0 heterocycles. The molecule has 1 N–H and O–H groups in total. The molecule has 0 aliphatic heterocycles. The standard InChI is InChI=1S/C20H19FN2O/c1-2-13-23(19-12-7-15-5-3-4-6-18(15)19)14-20(24)22-17-10-8-16(21)9-11-17/h1,3-6,8-11,19H,7,12-14H2,(H,22,24). The van der Waals surface area contributed by atoms with E-state index in [1.54, 1.807) is 12.1 Å². The van der Waals surface area contributed by atoms with Crippen LogP contribution in [-0.4, -0.2) is 23.9 Å². The molecule has 0 spiro atoms. The molecule has 0 aromatic heterocycles. The molecule has 3 nitrogen and oxygen atoms in total. The lowest BCUT2D eigenvalue weighted by Crippen LogP contribution is -2.36. The van der Waals surface area contributed by atoms with Crippen LogP contribution in [-0.2, 0) is 11.2 Å². The average molecular weight is 322 g/mol. The van der Waals surface area contributed by atoms with Gasteiger partial charge in [0.25, 0.3) is 0 Å².